The molecule has 0 unspecified atom stereocenters. The maximum atomic E-state index is 15.5. The highest BCUT2D eigenvalue weighted by Crippen LogP contribution is 2.37. The maximum Gasteiger partial charge on any atom is 0.343 e. The summed E-state index contributed by atoms with van der Waals surface area (Å²) in [6.45, 7) is 1.10. The maximum absolute atomic E-state index is 15.5. The van der Waals surface area contributed by atoms with E-state index >= 15 is 4.39 Å². The van der Waals surface area contributed by atoms with Gasteiger partial charge in [0.25, 0.3) is 5.91 Å². The second-order valence-electron chi connectivity index (χ2n) is 8.43. The molecule has 1 heterocycles. The van der Waals surface area contributed by atoms with Crippen molar-refractivity contribution in [2.45, 2.75) is 13.3 Å². The van der Waals surface area contributed by atoms with Gasteiger partial charge in [-0.3, -0.25) is 9.52 Å². The molecule has 0 bridgehead atoms. The molecule has 1 fully saturated rings. The molecule has 2 N–H and O–H groups in total. The number of nitrogens with one attached hydrogen (secondary N) is 2. The molecule has 0 atom stereocenters. The Hall–Kier alpha value is -3.97. The predicted octanol–water partition coefficient (Wildman–Crippen LogP) is 2.50. The first-order chi connectivity index (χ1) is 17.3. The number of nitrogens with zero attached hydrogens (tertiary/aromatic N) is 1. The van der Waals surface area contributed by atoms with E-state index in [4.69, 9.17) is 4.74 Å². The number of carbonyl (C=O) groups is 2. The Bertz CT molecular complexity index is 1610. The molecular weight excluding hydrogens is 525 g/mol. The van der Waals surface area contributed by atoms with E-state index in [1.54, 1.807) is 48.0 Å². The van der Waals surface area contributed by atoms with Gasteiger partial charge in [0.1, 0.15) is 12.2 Å². The van der Waals surface area contributed by atoms with Crippen molar-refractivity contribution in [1.29, 1.82) is 0 Å². The molecule has 194 valence electrons. The van der Waals surface area contributed by atoms with Gasteiger partial charge in [-0.2, -0.15) is 8.42 Å². The predicted molar refractivity (Wildman–Crippen MR) is 135 cm³/mol. The summed E-state index contributed by atoms with van der Waals surface area (Å²) in [6, 6.07) is 15.1. The van der Waals surface area contributed by atoms with Crippen LogP contribution in [-0.4, -0.2) is 41.5 Å². The number of rotatable bonds is 7. The first-order valence-electron chi connectivity index (χ1n) is 10.8. The van der Waals surface area contributed by atoms with Crippen molar-refractivity contribution in [2.24, 2.45) is 0 Å². The number of amides is 1. The molecule has 1 aliphatic rings. The minimum atomic E-state index is -4.41. The van der Waals surface area contributed by atoms with Crippen molar-refractivity contribution in [3.05, 3.63) is 88.7 Å². The first-order valence-corrected chi connectivity index (χ1v) is 14.2. The van der Waals surface area contributed by atoms with Crippen LogP contribution in [0.5, 0.6) is 5.75 Å². The van der Waals surface area contributed by atoms with E-state index < -0.39 is 55.9 Å². The molecule has 0 aromatic heterocycles. The van der Waals surface area contributed by atoms with Crippen LogP contribution in [0.25, 0.3) is 0 Å². The SMILES string of the molecule is Cc1ccc(NS(C)(=O)=O)c(Cc2cc(F)c(N3CC(=O)NS3(=O)=O)c(OC(=O)c3ccccc3)c2)c1. The van der Waals surface area contributed by atoms with Crippen molar-refractivity contribution in [2.75, 3.05) is 21.8 Å². The molecule has 10 nitrogen and oxygen atoms in total. The topological polar surface area (TPSA) is 139 Å². The molecule has 3 aromatic carbocycles. The van der Waals surface area contributed by atoms with Crippen molar-refractivity contribution in [3.63, 3.8) is 0 Å². The lowest BCUT2D eigenvalue weighted by Gasteiger charge is -2.20. The van der Waals surface area contributed by atoms with Gasteiger partial charge in [-0.15, -0.1) is 0 Å². The zero-order valence-electron chi connectivity index (χ0n) is 19.7. The van der Waals surface area contributed by atoms with Crippen LogP contribution < -0.4 is 18.5 Å². The van der Waals surface area contributed by atoms with E-state index in [2.05, 4.69) is 4.72 Å². The summed E-state index contributed by atoms with van der Waals surface area (Å²) in [5.41, 5.74) is 1.38. The van der Waals surface area contributed by atoms with Crippen molar-refractivity contribution in [3.8, 4) is 5.75 Å². The Morgan fingerprint density at radius 3 is 2.46 bits per heavy atom. The number of anilines is 2. The van der Waals surface area contributed by atoms with E-state index in [0.717, 1.165) is 17.9 Å². The Balaban J connectivity index is 1.80. The molecule has 37 heavy (non-hydrogen) atoms. The number of aryl methyl sites for hydroxylation is 1. The monoisotopic (exact) mass is 547 g/mol. The third-order valence-corrected chi connectivity index (χ3v) is 7.29. The van der Waals surface area contributed by atoms with Gasteiger partial charge in [0, 0.05) is 0 Å². The number of hydrogen-bond acceptors (Lipinski definition) is 7. The number of halogens is 1. The average Bonchev–Trinajstić information content (AvgIpc) is 3.06. The lowest BCUT2D eigenvalue weighted by Crippen LogP contribution is -2.31. The standard InChI is InChI=1S/C24H22FN3O7S2/c1-15-8-9-20(26-36(2,31)32)18(10-15)11-16-12-19(25)23(28-14-22(29)27-37(28,33)34)21(13-16)35-24(30)17-6-4-3-5-7-17/h3-10,12-13,26H,11,14H2,1-2H3,(H,27,29). The van der Waals surface area contributed by atoms with Crippen LogP contribution >= 0.6 is 0 Å². The highest BCUT2D eigenvalue weighted by atomic mass is 32.2. The number of esters is 1. The number of benzene rings is 3. The average molecular weight is 548 g/mol. The fourth-order valence-electron chi connectivity index (χ4n) is 3.82. The summed E-state index contributed by atoms with van der Waals surface area (Å²) >= 11 is 0. The molecule has 1 amide bonds. The molecule has 0 saturated carbocycles. The second kappa shape index (κ2) is 9.82. The van der Waals surface area contributed by atoms with E-state index in [-0.39, 0.29) is 23.2 Å². The van der Waals surface area contributed by atoms with Crippen molar-refractivity contribution >= 4 is 43.5 Å². The number of carbonyl (C=O) groups excluding carboxylic acids is 2. The van der Waals surface area contributed by atoms with Crippen molar-refractivity contribution < 1.29 is 35.6 Å². The molecular formula is C24H22FN3O7S2. The molecule has 0 spiro atoms. The number of sulfonamides is 1. The molecule has 1 saturated heterocycles. The number of ether oxygens (including phenoxy) is 1. The van der Waals surface area contributed by atoms with Crippen LogP contribution in [-0.2, 0) is 31.4 Å². The van der Waals surface area contributed by atoms with Crippen LogP contribution in [0.3, 0.4) is 0 Å². The van der Waals surface area contributed by atoms with E-state index in [0.29, 0.717) is 9.87 Å². The largest absolute Gasteiger partial charge is 0.421 e. The fraction of sp³-hybridized carbons (Fsp3) is 0.167. The Morgan fingerprint density at radius 1 is 1.14 bits per heavy atom. The quantitative estimate of drug-likeness (QED) is 0.342. The molecule has 0 aliphatic carbocycles. The minimum Gasteiger partial charge on any atom is -0.421 e. The van der Waals surface area contributed by atoms with Gasteiger partial charge < -0.3 is 4.74 Å². The van der Waals surface area contributed by atoms with E-state index in [1.807, 2.05) is 0 Å². The number of hydrogen-bond donors (Lipinski definition) is 2. The minimum absolute atomic E-state index is 0.0105. The molecule has 0 radical (unpaired) electrons. The molecule has 3 aromatic rings. The van der Waals surface area contributed by atoms with E-state index in [1.165, 1.54) is 18.2 Å². The fourth-order valence-corrected chi connectivity index (χ4v) is 5.58. The van der Waals surface area contributed by atoms with Gasteiger partial charge in [0.05, 0.1) is 17.5 Å². The van der Waals surface area contributed by atoms with Gasteiger partial charge in [-0.1, -0.05) is 35.9 Å². The van der Waals surface area contributed by atoms with Crippen LogP contribution in [0, 0.1) is 12.7 Å². The third kappa shape index (κ3) is 6.06. The normalized spacial score (nSPS) is 14.8. The summed E-state index contributed by atoms with van der Waals surface area (Å²) < 4.78 is 74.1. The highest BCUT2D eigenvalue weighted by molar-refractivity contribution is 7.92. The Labute approximate surface area is 213 Å². The van der Waals surface area contributed by atoms with Crippen molar-refractivity contribution in [1.82, 2.24) is 4.72 Å². The zero-order chi connectivity index (χ0) is 27.0. The summed E-state index contributed by atoms with van der Waals surface area (Å²) in [5.74, 6) is -3.22. The Kier molecular flexibility index (Phi) is 6.93. The first kappa shape index (κ1) is 26.1. The van der Waals surface area contributed by atoms with E-state index in [9.17, 15) is 26.4 Å². The van der Waals surface area contributed by atoms with Crippen LogP contribution in [0.4, 0.5) is 15.8 Å². The van der Waals surface area contributed by atoms with Crippen LogP contribution in [0.1, 0.15) is 27.0 Å². The third-order valence-electron chi connectivity index (χ3n) is 5.32. The lowest BCUT2D eigenvalue weighted by molar-refractivity contribution is -0.117. The zero-order valence-corrected chi connectivity index (χ0v) is 21.3. The molecule has 4 rings (SSSR count). The second-order valence-corrected chi connectivity index (χ2v) is 11.8. The molecule has 13 heteroatoms. The highest BCUT2D eigenvalue weighted by Gasteiger charge is 2.38. The van der Waals surface area contributed by atoms with Gasteiger partial charge >= 0.3 is 16.2 Å². The summed E-state index contributed by atoms with van der Waals surface area (Å²) in [7, 11) is -8.02. The Morgan fingerprint density at radius 2 is 1.84 bits per heavy atom. The van der Waals surface area contributed by atoms with Gasteiger partial charge in [0.2, 0.25) is 10.0 Å². The van der Waals surface area contributed by atoms with Gasteiger partial charge in [-0.05, 0) is 54.8 Å². The van der Waals surface area contributed by atoms with Crippen LogP contribution in [0.2, 0.25) is 0 Å². The molecule has 1 aliphatic heterocycles. The van der Waals surface area contributed by atoms with Gasteiger partial charge in [0.15, 0.2) is 11.6 Å². The lowest BCUT2D eigenvalue weighted by atomic mass is 10.0. The summed E-state index contributed by atoms with van der Waals surface area (Å²) in [4.78, 5) is 24.6. The van der Waals surface area contributed by atoms with Crippen LogP contribution in [0.15, 0.2) is 60.7 Å². The van der Waals surface area contributed by atoms with Gasteiger partial charge in [-0.25, -0.2) is 26.6 Å². The summed E-state index contributed by atoms with van der Waals surface area (Å²) in [6.07, 6.45) is 1.01. The summed E-state index contributed by atoms with van der Waals surface area (Å²) in [5, 5.41) is 0. The smallest absolute Gasteiger partial charge is 0.343 e.